The highest BCUT2D eigenvalue weighted by molar-refractivity contribution is 6.76. The van der Waals surface area contributed by atoms with E-state index in [0.29, 0.717) is 6.61 Å². The molecule has 2 rings (SSSR count). The molecule has 8 heteroatoms. The van der Waals surface area contributed by atoms with Gasteiger partial charge in [0.1, 0.15) is 6.79 Å². The fourth-order valence-corrected chi connectivity index (χ4v) is 7.74. The third kappa shape index (κ3) is 11.9. The average molecular weight is 649 g/mol. The smallest absolute Gasteiger partial charge is 0.315 e. The highest BCUT2D eigenvalue weighted by Gasteiger charge is 2.56. The lowest BCUT2D eigenvalue weighted by atomic mass is 9.52. The molecule has 0 spiro atoms. The molecule has 9 atom stereocenters. The zero-order valence-electron chi connectivity index (χ0n) is 29.9. The molecule has 0 aromatic rings. The summed E-state index contributed by atoms with van der Waals surface area (Å²) in [6, 6.07) is 1.02. The number of fused-ring (bicyclic) bond motifs is 1. The highest BCUT2D eigenvalue weighted by atomic mass is 28.3. The van der Waals surface area contributed by atoms with Crippen LogP contribution in [0.4, 0.5) is 0 Å². The van der Waals surface area contributed by atoms with Gasteiger partial charge >= 0.3 is 5.97 Å². The molecule has 2 aliphatic rings. The van der Waals surface area contributed by atoms with Gasteiger partial charge < -0.3 is 29.2 Å². The third-order valence-electron chi connectivity index (χ3n) is 9.86. The molecule has 0 heterocycles. The number of ether oxygens (including phenoxy) is 4. The Kier molecular flexibility index (Phi) is 16.5. The first-order valence-electron chi connectivity index (χ1n) is 17.0. The Morgan fingerprint density at radius 1 is 1.18 bits per heavy atom. The number of allylic oxidation sites excluding steroid dienone is 5. The van der Waals surface area contributed by atoms with E-state index in [-0.39, 0.29) is 61.4 Å². The first-order valence-corrected chi connectivity index (χ1v) is 20.8. The van der Waals surface area contributed by atoms with Crippen LogP contribution in [0, 0.1) is 35.0 Å². The molecule has 7 nitrogen and oxygen atoms in total. The van der Waals surface area contributed by atoms with Crippen molar-refractivity contribution < 1.29 is 34.0 Å². The molecule has 0 aromatic carbocycles. The summed E-state index contributed by atoms with van der Waals surface area (Å²) in [4.78, 5) is 13.9. The van der Waals surface area contributed by atoms with Crippen molar-refractivity contribution in [1.82, 2.24) is 0 Å². The van der Waals surface area contributed by atoms with E-state index in [1.807, 2.05) is 26.0 Å². The van der Waals surface area contributed by atoms with E-state index in [0.717, 1.165) is 49.3 Å². The molecule has 0 aromatic heterocycles. The van der Waals surface area contributed by atoms with Crippen LogP contribution in [0.3, 0.4) is 0 Å². The van der Waals surface area contributed by atoms with Gasteiger partial charge in [0.05, 0.1) is 23.7 Å². The van der Waals surface area contributed by atoms with Gasteiger partial charge in [-0.1, -0.05) is 75.5 Å². The van der Waals surface area contributed by atoms with Crippen LogP contribution >= 0.6 is 0 Å². The Morgan fingerprint density at radius 3 is 2.53 bits per heavy atom. The molecule has 1 saturated carbocycles. The number of unbranched alkanes of at least 4 members (excludes halogenated alkanes) is 1. The fraction of sp³-hybridized carbons (Fsp3) is 0.757. The Balaban J connectivity index is 2.24. The minimum Gasteiger partial charge on any atom is -0.438 e. The van der Waals surface area contributed by atoms with E-state index >= 15 is 0 Å². The van der Waals surface area contributed by atoms with E-state index in [4.69, 9.17) is 18.9 Å². The third-order valence-corrected chi connectivity index (χ3v) is 11.6. The number of aliphatic hydroxyl groups excluding tert-OH is 2. The lowest BCUT2D eigenvalue weighted by molar-refractivity contribution is -0.178. The first kappa shape index (κ1) is 39.6. The predicted octanol–water partition coefficient (Wildman–Crippen LogP) is 7.68. The van der Waals surface area contributed by atoms with Crippen molar-refractivity contribution in [2.75, 3.05) is 27.3 Å². The second-order valence-electron chi connectivity index (χ2n) is 15.0. The highest BCUT2D eigenvalue weighted by Crippen LogP contribution is 2.55. The van der Waals surface area contributed by atoms with Gasteiger partial charge in [0.2, 0.25) is 0 Å². The summed E-state index contributed by atoms with van der Waals surface area (Å²) >= 11 is 0. The molecule has 258 valence electrons. The van der Waals surface area contributed by atoms with E-state index < -0.39 is 19.6 Å². The second-order valence-corrected chi connectivity index (χ2v) is 20.6. The Morgan fingerprint density at radius 2 is 1.89 bits per heavy atom. The molecule has 0 unspecified atom stereocenters. The lowest BCUT2D eigenvalue weighted by Gasteiger charge is -2.52. The van der Waals surface area contributed by atoms with Gasteiger partial charge in [0.25, 0.3) is 0 Å². The lowest BCUT2D eigenvalue weighted by Crippen LogP contribution is -2.54. The van der Waals surface area contributed by atoms with Crippen LogP contribution in [0.25, 0.3) is 0 Å². The fourth-order valence-electron chi connectivity index (χ4n) is 6.98. The van der Waals surface area contributed by atoms with E-state index in [1.54, 1.807) is 7.11 Å². The summed E-state index contributed by atoms with van der Waals surface area (Å²) in [5.41, 5.74) is 1.40. The zero-order chi connectivity index (χ0) is 33.8. The van der Waals surface area contributed by atoms with Crippen molar-refractivity contribution in [2.24, 2.45) is 35.0 Å². The summed E-state index contributed by atoms with van der Waals surface area (Å²) in [7, 11) is 0.385. The van der Waals surface area contributed by atoms with Gasteiger partial charge in [0, 0.05) is 39.5 Å². The topological polar surface area (TPSA) is 94.5 Å². The Labute approximate surface area is 275 Å². The maximum Gasteiger partial charge on any atom is 0.315 e. The summed E-state index contributed by atoms with van der Waals surface area (Å²) in [6.45, 7) is 19.9. The van der Waals surface area contributed by atoms with Crippen molar-refractivity contribution in [3.8, 4) is 0 Å². The molecule has 1 fully saturated rings. The molecular formula is C37H64O7Si. The quantitative estimate of drug-likeness (QED) is 0.0393. The average Bonchev–Trinajstić information content (AvgIpc) is 2.96. The molecule has 2 N–H and O–H groups in total. The van der Waals surface area contributed by atoms with Crippen molar-refractivity contribution in [2.45, 2.75) is 118 Å². The van der Waals surface area contributed by atoms with Crippen LogP contribution < -0.4 is 0 Å². The van der Waals surface area contributed by atoms with E-state index in [9.17, 15) is 15.0 Å². The maximum atomic E-state index is 13.9. The van der Waals surface area contributed by atoms with Crippen LogP contribution in [0.1, 0.15) is 73.6 Å². The molecule has 0 aliphatic heterocycles. The van der Waals surface area contributed by atoms with Crippen LogP contribution in [-0.2, 0) is 23.7 Å². The molecular weight excluding hydrogens is 584 g/mol. The van der Waals surface area contributed by atoms with Gasteiger partial charge in [0.15, 0.2) is 6.79 Å². The minimum absolute atomic E-state index is 0.0205. The predicted molar refractivity (Wildman–Crippen MR) is 185 cm³/mol. The van der Waals surface area contributed by atoms with Crippen LogP contribution in [0.5, 0.6) is 0 Å². The van der Waals surface area contributed by atoms with Crippen molar-refractivity contribution >= 4 is 14.0 Å². The second kappa shape index (κ2) is 18.7. The van der Waals surface area contributed by atoms with Crippen LogP contribution in [-0.4, -0.2) is 69.9 Å². The number of hydrogen-bond acceptors (Lipinski definition) is 7. The summed E-state index contributed by atoms with van der Waals surface area (Å²) in [6.07, 6.45) is 16.2. The van der Waals surface area contributed by atoms with Crippen molar-refractivity contribution in [3.63, 3.8) is 0 Å². The maximum absolute atomic E-state index is 13.9. The van der Waals surface area contributed by atoms with Crippen molar-refractivity contribution in [3.05, 3.63) is 47.6 Å². The number of esters is 1. The molecule has 0 radical (unpaired) electrons. The normalized spacial score (nSPS) is 29.8. The summed E-state index contributed by atoms with van der Waals surface area (Å²) < 4.78 is 22.8. The number of methoxy groups -OCH3 is 1. The van der Waals surface area contributed by atoms with Gasteiger partial charge in [-0.15, -0.1) is 0 Å². The first-order chi connectivity index (χ1) is 21.1. The van der Waals surface area contributed by atoms with Crippen LogP contribution in [0.2, 0.25) is 25.7 Å². The molecule has 0 bridgehead atoms. The number of carbonyl (C=O) groups is 1. The van der Waals surface area contributed by atoms with Gasteiger partial charge in [-0.2, -0.15) is 0 Å². The Hall–Kier alpha value is -1.55. The standard InChI is InChI=1S/C37H64O7Si/c1-26-19-20-33-31(34(26)39)23-29(4)32(37(33,6)36(40)44-25-42-21-22-45(8,9)10)18-14-12-16-28(3)35(43-24-41-7)27(2)15-11-13-17-30(5)38/h12,14-16,18,23,26,28,30-35,38-39H,11,13,17,19-22,24-25H2,1-10H3/b16-12+,18-14+,27-15+/t26-,28-,30+,31+,32-,33-,34+,35-,37-/m0/s1. The number of carbonyl (C=O) groups excluding carboxylic acids is 1. The zero-order valence-corrected chi connectivity index (χ0v) is 30.9. The van der Waals surface area contributed by atoms with E-state index in [1.165, 1.54) is 0 Å². The van der Waals surface area contributed by atoms with Gasteiger partial charge in [-0.25, -0.2) is 0 Å². The Bertz CT molecular complexity index is 1030. The summed E-state index contributed by atoms with van der Waals surface area (Å²) in [5.74, 6) is -0.229. The summed E-state index contributed by atoms with van der Waals surface area (Å²) in [5, 5.41) is 20.7. The molecule has 2 aliphatic carbocycles. The molecule has 0 saturated heterocycles. The molecule has 45 heavy (non-hydrogen) atoms. The minimum atomic E-state index is -1.24. The largest absolute Gasteiger partial charge is 0.438 e. The molecule has 0 amide bonds. The number of rotatable bonds is 18. The van der Waals surface area contributed by atoms with Gasteiger partial charge in [-0.05, 0) is 83.3 Å². The number of hydrogen-bond donors (Lipinski definition) is 2. The van der Waals surface area contributed by atoms with E-state index in [2.05, 4.69) is 71.6 Å². The van der Waals surface area contributed by atoms with Gasteiger partial charge in [-0.3, -0.25) is 4.79 Å². The van der Waals surface area contributed by atoms with Crippen LogP contribution in [0.15, 0.2) is 47.6 Å². The SMILES string of the molecule is COCO[C@@H](/C(C)=C/CCC[C@@H](C)O)[C@@H](C)/C=C/C=C/[C@H]1C(C)=C[C@H]2[C@H](O)[C@@H](C)CC[C@@H]2[C@@]1(C)C(=O)OCOCC[Si](C)(C)C. The van der Waals surface area contributed by atoms with Crippen molar-refractivity contribution in [1.29, 1.82) is 0 Å². The monoisotopic (exact) mass is 648 g/mol. The number of aliphatic hydroxyl groups is 2.